The van der Waals surface area contributed by atoms with E-state index < -0.39 is 11.5 Å². The number of carbonyl (C=O) groups is 2. The lowest BCUT2D eigenvalue weighted by Crippen LogP contribution is -2.55. The van der Waals surface area contributed by atoms with E-state index in [1.807, 2.05) is 20.8 Å². The van der Waals surface area contributed by atoms with E-state index in [4.69, 9.17) is 9.84 Å². The second kappa shape index (κ2) is 5.60. The van der Waals surface area contributed by atoms with Crippen molar-refractivity contribution in [3.05, 3.63) is 0 Å². The lowest BCUT2D eigenvalue weighted by Gasteiger charge is -2.35. The summed E-state index contributed by atoms with van der Waals surface area (Å²) in [7, 11) is 0. The van der Waals surface area contributed by atoms with Crippen molar-refractivity contribution in [2.45, 2.75) is 57.7 Å². The molecule has 2 atom stereocenters. The van der Waals surface area contributed by atoms with Crippen molar-refractivity contribution in [3.63, 3.8) is 0 Å². The van der Waals surface area contributed by atoms with Gasteiger partial charge < -0.3 is 20.1 Å². The quantitative estimate of drug-likeness (QED) is 0.819. The van der Waals surface area contributed by atoms with Crippen LogP contribution in [0.25, 0.3) is 0 Å². The molecule has 0 aromatic heterocycles. The van der Waals surface area contributed by atoms with Crippen LogP contribution in [0.15, 0.2) is 0 Å². The van der Waals surface area contributed by atoms with Crippen molar-refractivity contribution >= 4 is 12.0 Å². The number of nitrogens with zero attached hydrogens (tertiary/aromatic N) is 1. The molecule has 0 spiro atoms. The van der Waals surface area contributed by atoms with Crippen LogP contribution >= 0.6 is 0 Å². The number of ether oxygens (including phenoxy) is 1. The summed E-state index contributed by atoms with van der Waals surface area (Å²) in [5.74, 6) is -0.443. The van der Waals surface area contributed by atoms with Crippen molar-refractivity contribution < 1.29 is 19.4 Å². The van der Waals surface area contributed by atoms with E-state index in [1.165, 1.54) is 4.90 Å². The molecule has 1 aliphatic heterocycles. The first kappa shape index (κ1) is 15.1. The van der Waals surface area contributed by atoms with Crippen molar-refractivity contribution in [2.75, 3.05) is 13.2 Å². The van der Waals surface area contributed by atoms with Gasteiger partial charge >= 0.3 is 12.0 Å². The number of urea groups is 1. The minimum atomic E-state index is -1.00. The Balaban J connectivity index is 1.98. The van der Waals surface area contributed by atoms with Crippen LogP contribution in [-0.4, -0.2) is 52.8 Å². The predicted molar refractivity (Wildman–Crippen MR) is 73.5 cm³/mol. The van der Waals surface area contributed by atoms with Crippen LogP contribution in [0.1, 0.15) is 40.0 Å². The Labute approximate surface area is 119 Å². The zero-order valence-corrected chi connectivity index (χ0v) is 12.4. The second-order valence-electron chi connectivity index (χ2n) is 6.67. The van der Waals surface area contributed by atoms with Gasteiger partial charge in [-0.25, -0.2) is 4.79 Å². The summed E-state index contributed by atoms with van der Waals surface area (Å²) in [6, 6.07) is -0.310. The molecule has 2 aliphatic rings. The summed E-state index contributed by atoms with van der Waals surface area (Å²) in [6.45, 7) is 5.87. The zero-order chi connectivity index (χ0) is 14.9. The average Bonchev–Trinajstić information content (AvgIpc) is 3.06. The van der Waals surface area contributed by atoms with E-state index in [2.05, 4.69) is 5.32 Å². The summed E-state index contributed by atoms with van der Waals surface area (Å²) in [4.78, 5) is 24.7. The first-order valence-electron chi connectivity index (χ1n) is 7.20. The average molecular weight is 284 g/mol. The Kier molecular flexibility index (Phi) is 4.22. The fourth-order valence-corrected chi connectivity index (χ4v) is 2.64. The lowest BCUT2D eigenvalue weighted by molar-refractivity contribution is -0.138. The molecule has 20 heavy (non-hydrogen) atoms. The molecule has 0 radical (unpaired) electrons. The number of rotatable bonds is 4. The number of amides is 2. The molecule has 0 aromatic rings. The first-order valence-corrected chi connectivity index (χ1v) is 7.20. The van der Waals surface area contributed by atoms with Gasteiger partial charge in [-0.15, -0.1) is 0 Å². The highest BCUT2D eigenvalue weighted by Gasteiger charge is 2.42. The number of hydrogen-bond donors (Lipinski definition) is 2. The minimum Gasteiger partial charge on any atom is -0.480 e. The van der Waals surface area contributed by atoms with Gasteiger partial charge in [0.15, 0.2) is 0 Å². The SMILES string of the molecule is CC(C)(C)N(CC(=O)O)C(=O)NC1CCOC1C1CC1. The van der Waals surface area contributed by atoms with Gasteiger partial charge in [-0.3, -0.25) is 4.79 Å². The smallest absolute Gasteiger partial charge is 0.323 e. The summed E-state index contributed by atoms with van der Waals surface area (Å²) in [6.07, 6.45) is 3.23. The number of nitrogens with one attached hydrogen (secondary N) is 1. The van der Waals surface area contributed by atoms with E-state index in [1.54, 1.807) is 0 Å². The molecule has 2 fully saturated rings. The maximum absolute atomic E-state index is 12.4. The summed E-state index contributed by atoms with van der Waals surface area (Å²) < 4.78 is 5.69. The Morgan fingerprint density at radius 2 is 1.95 bits per heavy atom. The Bertz CT molecular complexity index is 387. The molecular formula is C14H24N2O4. The van der Waals surface area contributed by atoms with Gasteiger partial charge in [-0.1, -0.05) is 0 Å². The summed E-state index contributed by atoms with van der Waals surface area (Å²) >= 11 is 0. The fraction of sp³-hybridized carbons (Fsp3) is 0.857. The molecule has 6 heteroatoms. The first-order chi connectivity index (χ1) is 9.29. The third kappa shape index (κ3) is 3.62. The number of carboxylic acid groups (broad SMARTS) is 1. The van der Waals surface area contributed by atoms with E-state index in [-0.39, 0.29) is 24.7 Å². The predicted octanol–water partition coefficient (Wildman–Crippen LogP) is 1.45. The van der Waals surface area contributed by atoms with Gasteiger partial charge in [-0.2, -0.15) is 0 Å². The molecule has 1 heterocycles. The van der Waals surface area contributed by atoms with Gasteiger partial charge in [0.1, 0.15) is 6.54 Å². The number of carbonyl (C=O) groups excluding carboxylic acids is 1. The van der Waals surface area contributed by atoms with Crippen molar-refractivity contribution in [1.29, 1.82) is 0 Å². The van der Waals surface area contributed by atoms with E-state index in [0.717, 1.165) is 19.3 Å². The molecule has 1 aliphatic carbocycles. The van der Waals surface area contributed by atoms with Crippen LogP contribution < -0.4 is 5.32 Å². The molecule has 0 aromatic carbocycles. The van der Waals surface area contributed by atoms with Crippen LogP contribution in [0.4, 0.5) is 4.79 Å². The normalized spacial score (nSPS) is 26.4. The van der Waals surface area contributed by atoms with Gasteiger partial charge in [0, 0.05) is 12.1 Å². The largest absolute Gasteiger partial charge is 0.480 e. The molecule has 2 N–H and O–H groups in total. The molecule has 2 amide bonds. The Morgan fingerprint density at radius 1 is 1.30 bits per heavy atom. The molecule has 114 valence electrons. The van der Waals surface area contributed by atoms with Gasteiger partial charge in [0.25, 0.3) is 0 Å². The van der Waals surface area contributed by atoms with Crippen molar-refractivity contribution in [2.24, 2.45) is 5.92 Å². The maximum atomic E-state index is 12.4. The summed E-state index contributed by atoms with van der Waals surface area (Å²) in [5, 5.41) is 11.9. The van der Waals surface area contributed by atoms with Crippen molar-refractivity contribution in [1.82, 2.24) is 10.2 Å². The molecule has 1 saturated heterocycles. The molecule has 6 nitrogen and oxygen atoms in total. The molecule has 1 saturated carbocycles. The van der Waals surface area contributed by atoms with Gasteiger partial charge in [0.2, 0.25) is 0 Å². The second-order valence-corrected chi connectivity index (χ2v) is 6.67. The van der Waals surface area contributed by atoms with Crippen LogP contribution in [0, 0.1) is 5.92 Å². The standard InChI is InChI=1S/C14H24N2O4/c1-14(2,3)16(8-11(17)18)13(19)15-10-6-7-20-12(10)9-4-5-9/h9-10,12H,4-8H2,1-3H3,(H,15,19)(H,17,18). The summed E-state index contributed by atoms with van der Waals surface area (Å²) in [5.41, 5.74) is -0.531. The Morgan fingerprint density at radius 3 is 2.45 bits per heavy atom. The highest BCUT2D eigenvalue weighted by Crippen LogP contribution is 2.38. The number of carboxylic acids is 1. The fourth-order valence-electron chi connectivity index (χ4n) is 2.64. The van der Waals surface area contributed by atoms with Gasteiger partial charge in [-0.05, 0) is 46.0 Å². The third-order valence-corrected chi connectivity index (χ3v) is 3.88. The van der Waals surface area contributed by atoms with Crippen LogP contribution in [-0.2, 0) is 9.53 Å². The van der Waals surface area contributed by atoms with Crippen LogP contribution in [0.5, 0.6) is 0 Å². The maximum Gasteiger partial charge on any atom is 0.323 e. The molecular weight excluding hydrogens is 260 g/mol. The van der Waals surface area contributed by atoms with Gasteiger partial charge in [0.05, 0.1) is 12.1 Å². The minimum absolute atomic E-state index is 0.00800. The number of hydrogen-bond acceptors (Lipinski definition) is 3. The Hall–Kier alpha value is -1.30. The van der Waals surface area contributed by atoms with Crippen LogP contribution in [0.3, 0.4) is 0 Å². The molecule has 2 unspecified atom stereocenters. The monoisotopic (exact) mass is 284 g/mol. The highest BCUT2D eigenvalue weighted by atomic mass is 16.5. The molecule has 2 rings (SSSR count). The third-order valence-electron chi connectivity index (χ3n) is 3.88. The lowest BCUT2D eigenvalue weighted by atomic mass is 10.1. The van der Waals surface area contributed by atoms with Crippen LogP contribution in [0.2, 0.25) is 0 Å². The van der Waals surface area contributed by atoms with Crippen molar-refractivity contribution in [3.8, 4) is 0 Å². The zero-order valence-electron chi connectivity index (χ0n) is 12.4. The van der Waals surface area contributed by atoms with E-state index in [9.17, 15) is 9.59 Å². The highest BCUT2D eigenvalue weighted by molar-refractivity contribution is 5.81. The topological polar surface area (TPSA) is 78.9 Å². The number of aliphatic carboxylic acids is 1. The van der Waals surface area contributed by atoms with E-state index in [0.29, 0.717) is 12.5 Å². The molecule has 0 bridgehead atoms. The van der Waals surface area contributed by atoms with E-state index >= 15 is 0 Å².